The van der Waals surface area contributed by atoms with Crippen LogP contribution < -0.4 is 9.80 Å². The molecule has 1 aromatic heterocycles. The Labute approximate surface area is 417 Å². The summed E-state index contributed by atoms with van der Waals surface area (Å²) in [6.45, 7) is 0. The number of nitriles is 2. The second-order valence-electron chi connectivity index (χ2n) is 18.5. The van der Waals surface area contributed by atoms with Crippen LogP contribution in [0.4, 0.5) is 34.1 Å². The third-order valence-corrected chi connectivity index (χ3v) is 14.4. The van der Waals surface area contributed by atoms with Crippen LogP contribution in [-0.4, -0.2) is 4.98 Å². The highest BCUT2D eigenvalue weighted by atomic mass is 15.2. The van der Waals surface area contributed by atoms with Crippen molar-refractivity contribution in [3.8, 4) is 23.3 Å². The van der Waals surface area contributed by atoms with Crippen LogP contribution in [0.25, 0.3) is 76.8 Å². The van der Waals surface area contributed by atoms with Gasteiger partial charge in [-0.15, -0.1) is 0 Å². The molecule has 0 saturated heterocycles. The minimum absolute atomic E-state index is 0.600. The van der Waals surface area contributed by atoms with Gasteiger partial charge in [-0.25, -0.2) is 0 Å². The number of rotatable bonds is 8. The number of nitrogens with zero attached hydrogens (tertiary/aromatic N) is 5. The largest absolute Gasteiger partial charge is 0.310 e. The SMILES string of the molecule is N#Cc1ccc(N(c2ccc3c(-c4ccc5ccccc5c4)c4cc(N(c5ccc(C#N)cc5)c5cccc6ccccc56)cnc4c(C4=Cc5ccccc5CC4)c3c2)c2cccc3ccccc23)cc1. The maximum Gasteiger partial charge on any atom is 0.0991 e. The van der Waals surface area contributed by atoms with E-state index in [1.54, 1.807) is 0 Å². The van der Waals surface area contributed by atoms with Crippen molar-refractivity contribution in [2.45, 2.75) is 12.8 Å². The van der Waals surface area contributed by atoms with E-state index in [2.05, 4.69) is 204 Å². The Balaban J connectivity index is 1.14. The lowest BCUT2D eigenvalue weighted by atomic mass is 9.82. The standard InChI is InChI=1S/C67H43N5/c68-41-44-23-31-54(32-24-44)71(63-21-9-17-48-13-5-7-19-58(48)63)56-35-36-60-61(39-56)66(53-30-28-47-12-2-4-16-51(47)38-53)67-62(65(60)52-29-27-46-11-1-3-15-50(46)37-52)40-57(43-70-67)72(55-33-25-45(42-69)26-34-55)64-22-10-18-49-14-6-8-20-59(49)64/h1-27,29,31-40,43H,28,30H2. The Hall–Kier alpha value is -9.81. The molecule has 336 valence electrons. The van der Waals surface area contributed by atoms with E-state index in [0.717, 1.165) is 112 Å². The van der Waals surface area contributed by atoms with Crippen molar-refractivity contribution in [2.24, 2.45) is 0 Å². The first-order chi connectivity index (χ1) is 35.6. The number of hydrogen-bond acceptors (Lipinski definition) is 5. The summed E-state index contributed by atoms with van der Waals surface area (Å²) in [5.41, 5.74) is 15.1. The molecular weight excluding hydrogens is 875 g/mol. The summed E-state index contributed by atoms with van der Waals surface area (Å²) < 4.78 is 0. The van der Waals surface area contributed by atoms with Crippen molar-refractivity contribution in [1.82, 2.24) is 4.98 Å². The lowest BCUT2D eigenvalue weighted by Gasteiger charge is -2.29. The van der Waals surface area contributed by atoms with E-state index >= 15 is 0 Å². The molecule has 0 bridgehead atoms. The van der Waals surface area contributed by atoms with Crippen molar-refractivity contribution in [3.05, 3.63) is 258 Å². The van der Waals surface area contributed by atoms with Gasteiger partial charge in [-0.2, -0.15) is 10.5 Å². The zero-order valence-electron chi connectivity index (χ0n) is 39.2. The molecular formula is C67H43N5. The van der Waals surface area contributed by atoms with Crippen molar-refractivity contribution in [1.29, 1.82) is 10.5 Å². The molecule has 0 N–H and O–H groups in total. The van der Waals surface area contributed by atoms with Gasteiger partial charge in [-0.3, -0.25) is 4.98 Å². The fourth-order valence-electron chi connectivity index (χ4n) is 11.0. The van der Waals surface area contributed by atoms with Crippen molar-refractivity contribution in [2.75, 3.05) is 9.80 Å². The van der Waals surface area contributed by atoms with E-state index < -0.39 is 0 Å². The maximum absolute atomic E-state index is 9.88. The molecule has 0 atom stereocenters. The number of aromatic nitrogens is 1. The molecule has 5 nitrogen and oxygen atoms in total. The molecule has 11 aromatic carbocycles. The monoisotopic (exact) mass is 917 g/mol. The topological polar surface area (TPSA) is 67.0 Å². The van der Waals surface area contributed by atoms with Gasteiger partial charge in [0.25, 0.3) is 0 Å². The van der Waals surface area contributed by atoms with E-state index in [0.29, 0.717) is 11.1 Å². The van der Waals surface area contributed by atoms with Crippen molar-refractivity contribution >= 4 is 99.8 Å². The lowest BCUT2D eigenvalue weighted by Crippen LogP contribution is -2.12. The summed E-state index contributed by atoms with van der Waals surface area (Å²) in [5.74, 6) is 0. The molecule has 0 amide bonds. The molecule has 0 aliphatic heterocycles. The van der Waals surface area contributed by atoms with Gasteiger partial charge < -0.3 is 9.80 Å². The first-order valence-electron chi connectivity index (χ1n) is 24.3. The fourth-order valence-corrected chi connectivity index (χ4v) is 11.0. The highest BCUT2D eigenvalue weighted by molar-refractivity contribution is 6.21. The van der Waals surface area contributed by atoms with Crippen LogP contribution in [-0.2, 0) is 6.42 Å². The first-order valence-corrected chi connectivity index (χ1v) is 24.3. The molecule has 72 heavy (non-hydrogen) atoms. The summed E-state index contributed by atoms with van der Waals surface area (Å²) in [7, 11) is 0. The molecule has 12 aromatic rings. The number of allylic oxidation sites excluding steroid dienone is 1. The Morgan fingerprint density at radius 1 is 0.389 bits per heavy atom. The highest BCUT2D eigenvalue weighted by Gasteiger charge is 2.26. The van der Waals surface area contributed by atoms with Crippen molar-refractivity contribution in [3.63, 3.8) is 0 Å². The molecule has 0 radical (unpaired) electrons. The molecule has 0 spiro atoms. The van der Waals surface area contributed by atoms with Crippen molar-refractivity contribution < 1.29 is 0 Å². The molecule has 0 saturated carbocycles. The van der Waals surface area contributed by atoms with Gasteiger partial charge in [0.15, 0.2) is 0 Å². The summed E-state index contributed by atoms with van der Waals surface area (Å²) >= 11 is 0. The van der Waals surface area contributed by atoms with E-state index in [-0.39, 0.29) is 0 Å². The minimum atomic E-state index is 0.600. The highest BCUT2D eigenvalue weighted by Crippen LogP contribution is 2.49. The second-order valence-corrected chi connectivity index (χ2v) is 18.5. The Morgan fingerprint density at radius 3 is 1.61 bits per heavy atom. The number of pyridine rings is 1. The Kier molecular flexibility index (Phi) is 10.3. The van der Waals surface area contributed by atoms with Gasteiger partial charge in [0.1, 0.15) is 0 Å². The maximum atomic E-state index is 9.88. The molecule has 1 heterocycles. The van der Waals surface area contributed by atoms with Gasteiger partial charge in [0, 0.05) is 38.8 Å². The Bertz CT molecular complexity index is 4240. The van der Waals surface area contributed by atoms with Gasteiger partial charge in [0.05, 0.1) is 52.0 Å². The van der Waals surface area contributed by atoms with E-state index in [9.17, 15) is 10.5 Å². The average Bonchev–Trinajstić information content (AvgIpc) is 3.45. The number of aryl methyl sites for hydroxylation is 1. The number of benzene rings is 11. The summed E-state index contributed by atoms with van der Waals surface area (Å²) in [6.07, 6.45) is 6.17. The normalized spacial score (nSPS) is 12.1. The summed E-state index contributed by atoms with van der Waals surface area (Å²) in [5, 5.41) is 29.8. The molecule has 5 heteroatoms. The smallest absolute Gasteiger partial charge is 0.0991 e. The van der Waals surface area contributed by atoms with Gasteiger partial charge in [-0.1, -0.05) is 146 Å². The van der Waals surface area contributed by atoms with Gasteiger partial charge in [0.2, 0.25) is 0 Å². The van der Waals surface area contributed by atoms with Crippen LogP contribution in [0.5, 0.6) is 0 Å². The molecule has 0 unspecified atom stereocenters. The minimum Gasteiger partial charge on any atom is -0.310 e. The third-order valence-electron chi connectivity index (χ3n) is 14.4. The first kappa shape index (κ1) is 42.3. The predicted octanol–water partition coefficient (Wildman–Crippen LogP) is 17.7. The molecule has 1 aliphatic carbocycles. The van der Waals surface area contributed by atoms with Gasteiger partial charge >= 0.3 is 0 Å². The van der Waals surface area contributed by atoms with E-state index in [1.807, 2.05) is 54.7 Å². The molecule has 13 rings (SSSR count). The Morgan fingerprint density at radius 2 is 0.944 bits per heavy atom. The number of anilines is 6. The van der Waals surface area contributed by atoms with E-state index in [1.165, 1.54) is 22.1 Å². The quantitative estimate of drug-likeness (QED) is 0.142. The van der Waals surface area contributed by atoms with Crippen LogP contribution in [0.2, 0.25) is 0 Å². The molecule has 1 aliphatic rings. The van der Waals surface area contributed by atoms with Gasteiger partial charge in [-0.05, 0) is 158 Å². The van der Waals surface area contributed by atoms with Crippen LogP contribution in [0.3, 0.4) is 0 Å². The average molecular weight is 918 g/mol. The second kappa shape index (κ2) is 17.6. The number of hydrogen-bond donors (Lipinski definition) is 0. The third kappa shape index (κ3) is 7.28. The molecule has 0 fully saturated rings. The lowest BCUT2D eigenvalue weighted by molar-refractivity contribution is 1.00. The van der Waals surface area contributed by atoms with Crippen LogP contribution in [0, 0.1) is 22.7 Å². The van der Waals surface area contributed by atoms with E-state index in [4.69, 9.17) is 4.98 Å². The summed E-state index contributed by atoms with van der Waals surface area (Å²) in [4.78, 5) is 10.3. The van der Waals surface area contributed by atoms with Crippen LogP contribution in [0.15, 0.2) is 231 Å². The van der Waals surface area contributed by atoms with Crippen LogP contribution in [0.1, 0.15) is 34.2 Å². The zero-order chi connectivity index (χ0) is 48.1. The fraction of sp³-hybridized carbons (Fsp3) is 0.0299. The number of fused-ring (bicyclic) bond motifs is 6. The van der Waals surface area contributed by atoms with Crippen LogP contribution >= 0.6 is 0 Å². The zero-order valence-corrected chi connectivity index (χ0v) is 39.2. The predicted molar refractivity (Wildman–Crippen MR) is 299 cm³/mol. The summed E-state index contributed by atoms with van der Waals surface area (Å²) in [6, 6.07) is 83.7.